The number of sulfonamides is 1. The number of nitrogens with two attached hydrogens (primary N) is 1. The SMILES string of the molecule is NCc1ncccc1S(=O)(=O)N1CC2CCC(C1)O2. The molecule has 2 aliphatic rings. The van der Waals surface area contributed by atoms with E-state index in [4.69, 9.17) is 10.5 Å². The maximum atomic E-state index is 12.7. The molecule has 0 spiro atoms. The lowest BCUT2D eigenvalue weighted by Gasteiger charge is -2.31. The lowest BCUT2D eigenvalue weighted by Crippen LogP contribution is -2.46. The second kappa shape index (κ2) is 4.82. The van der Waals surface area contributed by atoms with Gasteiger partial charge in [-0.2, -0.15) is 4.31 Å². The molecule has 2 atom stereocenters. The van der Waals surface area contributed by atoms with E-state index >= 15 is 0 Å². The van der Waals surface area contributed by atoms with Gasteiger partial charge in [-0.1, -0.05) is 0 Å². The summed E-state index contributed by atoms with van der Waals surface area (Å²) in [6.07, 6.45) is 3.50. The minimum absolute atomic E-state index is 0.0338. The van der Waals surface area contributed by atoms with Crippen LogP contribution in [0.4, 0.5) is 0 Å². The molecular formula is C12H17N3O3S. The Balaban J connectivity index is 1.94. The molecule has 2 saturated heterocycles. The number of rotatable bonds is 3. The van der Waals surface area contributed by atoms with Crippen LogP contribution in [0.2, 0.25) is 0 Å². The van der Waals surface area contributed by atoms with Crippen molar-refractivity contribution < 1.29 is 13.2 Å². The minimum Gasteiger partial charge on any atom is -0.372 e. The normalized spacial score (nSPS) is 27.6. The Morgan fingerprint density at radius 1 is 1.37 bits per heavy atom. The van der Waals surface area contributed by atoms with E-state index in [0.29, 0.717) is 18.8 Å². The molecule has 2 unspecified atom stereocenters. The summed E-state index contributed by atoms with van der Waals surface area (Å²) in [5.74, 6) is 0. The highest BCUT2D eigenvalue weighted by atomic mass is 32.2. The van der Waals surface area contributed by atoms with Crippen LogP contribution in [0.5, 0.6) is 0 Å². The fraction of sp³-hybridized carbons (Fsp3) is 0.583. The minimum atomic E-state index is -3.52. The Morgan fingerprint density at radius 3 is 2.68 bits per heavy atom. The van der Waals surface area contributed by atoms with Crippen LogP contribution in [-0.2, 0) is 21.3 Å². The molecule has 0 amide bonds. The molecule has 3 heterocycles. The molecule has 19 heavy (non-hydrogen) atoms. The third-order valence-corrected chi connectivity index (χ3v) is 5.58. The first-order valence-corrected chi connectivity index (χ1v) is 7.85. The Morgan fingerprint density at radius 2 is 2.05 bits per heavy atom. The van der Waals surface area contributed by atoms with Crippen molar-refractivity contribution in [3.05, 3.63) is 24.0 Å². The van der Waals surface area contributed by atoms with Gasteiger partial charge in [0.25, 0.3) is 0 Å². The fourth-order valence-corrected chi connectivity index (χ4v) is 4.41. The third kappa shape index (κ3) is 2.27. The second-order valence-electron chi connectivity index (χ2n) is 4.93. The summed E-state index contributed by atoms with van der Waals surface area (Å²) in [6.45, 7) is 0.974. The van der Waals surface area contributed by atoms with E-state index in [1.54, 1.807) is 18.3 Å². The highest BCUT2D eigenvalue weighted by Crippen LogP contribution is 2.30. The number of aromatic nitrogens is 1. The zero-order valence-electron chi connectivity index (χ0n) is 10.5. The summed E-state index contributed by atoms with van der Waals surface area (Å²) in [6, 6.07) is 3.20. The number of fused-ring (bicyclic) bond motifs is 2. The maximum absolute atomic E-state index is 12.7. The quantitative estimate of drug-likeness (QED) is 0.850. The first-order valence-electron chi connectivity index (χ1n) is 6.41. The zero-order valence-corrected chi connectivity index (χ0v) is 11.3. The Hall–Kier alpha value is -1.02. The number of ether oxygens (including phenoxy) is 1. The molecule has 0 aliphatic carbocycles. The second-order valence-corrected chi connectivity index (χ2v) is 6.84. The molecule has 7 heteroatoms. The number of pyridine rings is 1. The van der Waals surface area contributed by atoms with Gasteiger partial charge in [0.05, 0.1) is 17.9 Å². The molecule has 0 radical (unpaired) electrons. The summed E-state index contributed by atoms with van der Waals surface area (Å²) in [5.41, 5.74) is 5.99. The van der Waals surface area contributed by atoms with Gasteiger partial charge in [0.2, 0.25) is 10.0 Å². The van der Waals surface area contributed by atoms with Gasteiger partial charge in [0.1, 0.15) is 4.90 Å². The maximum Gasteiger partial charge on any atom is 0.245 e. The van der Waals surface area contributed by atoms with Gasteiger partial charge in [0, 0.05) is 25.8 Å². The van der Waals surface area contributed by atoms with Gasteiger partial charge in [-0.25, -0.2) is 8.42 Å². The Labute approximate surface area is 112 Å². The number of hydrogen-bond acceptors (Lipinski definition) is 5. The van der Waals surface area contributed by atoms with Crippen LogP contribution in [0.3, 0.4) is 0 Å². The largest absolute Gasteiger partial charge is 0.372 e. The van der Waals surface area contributed by atoms with Gasteiger partial charge in [-0.15, -0.1) is 0 Å². The molecule has 2 fully saturated rings. The van der Waals surface area contributed by atoms with Crippen molar-refractivity contribution in [1.82, 2.24) is 9.29 Å². The summed E-state index contributed by atoms with van der Waals surface area (Å²) in [5, 5.41) is 0. The first kappa shape index (κ1) is 13.0. The molecule has 0 aromatic carbocycles. The van der Waals surface area contributed by atoms with E-state index in [-0.39, 0.29) is 23.6 Å². The standard InChI is InChI=1S/C12H17N3O3S/c13-6-11-12(2-1-5-14-11)19(16,17)15-7-9-3-4-10(8-15)18-9/h1-2,5,9-10H,3-4,6-8,13H2. The third-order valence-electron chi connectivity index (χ3n) is 3.67. The van der Waals surface area contributed by atoms with Crippen molar-refractivity contribution in [3.8, 4) is 0 Å². The van der Waals surface area contributed by atoms with E-state index in [0.717, 1.165) is 12.8 Å². The van der Waals surface area contributed by atoms with Crippen molar-refractivity contribution in [2.75, 3.05) is 13.1 Å². The van der Waals surface area contributed by atoms with Gasteiger partial charge in [0.15, 0.2) is 0 Å². The highest BCUT2D eigenvalue weighted by molar-refractivity contribution is 7.89. The predicted octanol–water partition coefficient (Wildman–Crippen LogP) is 0.0922. The van der Waals surface area contributed by atoms with Gasteiger partial charge in [-0.05, 0) is 25.0 Å². The molecule has 2 bridgehead atoms. The number of nitrogens with zero attached hydrogens (tertiary/aromatic N) is 2. The number of hydrogen-bond donors (Lipinski definition) is 1. The monoisotopic (exact) mass is 283 g/mol. The van der Waals surface area contributed by atoms with Gasteiger partial charge in [-0.3, -0.25) is 4.98 Å². The Kier molecular flexibility index (Phi) is 3.30. The summed E-state index contributed by atoms with van der Waals surface area (Å²) in [4.78, 5) is 4.27. The van der Waals surface area contributed by atoms with Crippen molar-refractivity contribution in [1.29, 1.82) is 0 Å². The van der Waals surface area contributed by atoms with Crippen molar-refractivity contribution in [2.45, 2.75) is 36.5 Å². The molecule has 1 aromatic rings. The Bertz CT molecular complexity index is 563. The van der Waals surface area contributed by atoms with Crippen LogP contribution in [-0.4, -0.2) is 43.0 Å². The summed E-state index contributed by atoms with van der Waals surface area (Å²) in [7, 11) is -3.52. The molecule has 104 valence electrons. The average Bonchev–Trinajstić information content (AvgIpc) is 2.77. The molecule has 2 aliphatic heterocycles. The summed E-state index contributed by atoms with van der Waals surface area (Å²) < 4.78 is 32.5. The van der Waals surface area contributed by atoms with Gasteiger partial charge >= 0.3 is 0 Å². The highest BCUT2D eigenvalue weighted by Gasteiger charge is 2.39. The average molecular weight is 283 g/mol. The van der Waals surface area contributed by atoms with E-state index in [1.807, 2.05) is 0 Å². The smallest absolute Gasteiger partial charge is 0.245 e. The van der Waals surface area contributed by atoms with Crippen LogP contribution in [0.25, 0.3) is 0 Å². The van der Waals surface area contributed by atoms with E-state index in [2.05, 4.69) is 4.98 Å². The molecule has 2 N–H and O–H groups in total. The molecule has 0 saturated carbocycles. The van der Waals surface area contributed by atoms with Gasteiger partial charge < -0.3 is 10.5 Å². The van der Waals surface area contributed by atoms with Crippen LogP contribution >= 0.6 is 0 Å². The molecule has 1 aromatic heterocycles. The predicted molar refractivity (Wildman–Crippen MR) is 68.8 cm³/mol. The number of morpholine rings is 1. The first-order chi connectivity index (χ1) is 9.11. The molecule has 6 nitrogen and oxygen atoms in total. The van der Waals surface area contributed by atoms with Crippen molar-refractivity contribution in [3.63, 3.8) is 0 Å². The van der Waals surface area contributed by atoms with Crippen LogP contribution < -0.4 is 5.73 Å². The van der Waals surface area contributed by atoms with Crippen LogP contribution in [0.1, 0.15) is 18.5 Å². The van der Waals surface area contributed by atoms with Crippen LogP contribution in [0.15, 0.2) is 23.2 Å². The lowest BCUT2D eigenvalue weighted by atomic mass is 10.2. The van der Waals surface area contributed by atoms with Crippen molar-refractivity contribution >= 4 is 10.0 Å². The van der Waals surface area contributed by atoms with E-state index in [1.165, 1.54) is 4.31 Å². The van der Waals surface area contributed by atoms with E-state index < -0.39 is 10.0 Å². The van der Waals surface area contributed by atoms with Crippen molar-refractivity contribution in [2.24, 2.45) is 5.73 Å². The summed E-state index contributed by atoms with van der Waals surface area (Å²) >= 11 is 0. The van der Waals surface area contributed by atoms with Crippen LogP contribution in [0, 0.1) is 0 Å². The lowest BCUT2D eigenvalue weighted by molar-refractivity contribution is -0.0114. The fourth-order valence-electron chi connectivity index (χ4n) is 2.72. The molecule has 3 rings (SSSR count). The van der Waals surface area contributed by atoms with E-state index in [9.17, 15) is 8.42 Å². The molecular weight excluding hydrogens is 266 g/mol. The zero-order chi connectivity index (χ0) is 13.5. The topological polar surface area (TPSA) is 85.5 Å².